The van der Waals surface area contributed by atoms with Crippen molar-refractivity contribution in [1.29, 1.82) is 0 Å². The molecule has 0 aliphatic rings. The van der Waals surface area contributed by atoms with E-state index in [-0.39, 0.29) is 11.9 Å². The SMILES string of the molecule is CCNC(Cc1ccc(CC)cc1)c1cc(Cl)ccc1F. The van der Waals surface area contributed by atoms with E-state index >= 15 is 0 Å². The maximum Gasteiger partial charge on any atom is 0.128 e. The summed E-state index contributed by atoms with van der Waals surface area (Å²) < 4.78 is 14.1. The summed E-state index contributed by atoms with van der Waals surface area (Å²) in [5, 5.41) is 3.91. The molecule has 0 saturated carbocycles. The highest BCUT2D eigenvalue weighted by atomic mass is 35.5. The van der Waals surface area contributed by atoms with Crippen LogP contribution in [-0.4, -0.2) is 6.54 Å². The lowest BCUT2D eigenvalue weighted by molar-refractivity contribution is 0.510. The first-order valence-electron chi connectivity index (χ1n) is 7.40. The quantitative estimate of drug-likeness (QED) is 0.797. The molecule has 0 saturated heterocycles. The number of hydrogen-bond donors (Lipinski definition) is 1. The highest BCUT2D eigenvalue weighted by Gasteiger charge is 2.16. The molecule has 21 heavy (non-hydrogen) atoms. The fourth-order valence-electron chi connectivity index (χ4n) is 2.47. The van der Waals surface area contributed by atoms with Gasteiger partial charge in [0.15, 0.2) is 0 Å². The normalized spacial score (nSPS) is 12.4. The molecular weight excluding hydrogens is 285 g/mol. The number of halogens is 2. The van der Waals surface area contributed by atoms with Gasteiger partial charge in [-0.05, 0) is 48.7 Å². The zero-order chi connectivity index (χ0) is 15.2. The van der Waals surface area contributed by atoms with Crippen molar-refractivity contribution in [2.24, 2.45) is 0 Å². The van der Waals surface area contributed by atoms with Crippen LogP contribution < -0.4 is 5.32 Å². The third-order valence-corrected chi connectivity index (χ3v) is 3.89. The zero-order valence-electron chi connectivity index (χ0n) is 12.5. The van der Waals surface area contributed by atoms with Gasteiger partial charge >= 0.3 is 0 Å². The summed E-state index contributed by atoms with van der Waals surface area (Å²) in [7, 11) is 0. The Bertz CT molecular complexity index is 580. The summed E-state index contributed by atoms with van der Waals surface area (Å²) in [6, 6.07) is 13.2. The van der Waals surface area contributed by atoms with Crippen molar-refractivity contribution in [2.45, 2.75) is 32.7 Å². The number of nitrogens with one attached hydrogen (secondary N) is 1. The van der Waals surface area contributed by atoms with Gasteiger partial charge in [-0.3, -0.25) is 0 Å². The van der Waals surface area contributed by atoms with E-state index in [0.717, 1.165) is 19.4 Å². The molecule has 2 rings (SSSR count). The summed E-state index contributed by atoms with van der Waals surface area (Å²) in [6.45, 7) is 4.94. The minimum Gasteiger partial charge on any atom is -0.310 e. The molecular formula is C18H21ClFN. The zero-order valence-corrected chi connectivity index (χ0v) is 13.3. The van der Waals surface area contributed by atoms with Crippen molar-refractivity contribution in [2.75, 3.05) is 6.54 Å². The summed E-state index contributed by atoms with van der Waals surface area (Å²) in [5.41, 5.74) is 3.13. The van der Waals surface area contributed by atoms with Crippen molar-refractivity contribution in [3.63, 3.8) is 0 Å². The molecule has 0 bridgehead atoms. The molecule has 0 radical (unpaired) electrons. The van der Waals surface area contributed by atoms with E-state index in [0.29, 0.717) is 10.6 Å². The lowest BCUT2D eigenvalue weighted by Gasteiger charge is -2.19. The van der Waals surface area contributed by atoms with Crippen molar-refractivity contribution in [3.8, 4) is 0 Å². The Balaban J connectivity index is 2.23. The van der Waals surface area contributed by atoms with Crippen molar-refractivity contribution < 1.29 is 4.39 Å². The van der Waals surface area contributed by atoms with E-state index in [1.807, 2.05) is 6.92 Å². The van der Waals surface area contributed by atoms with Crippen molar-refractivity contribution >= 4 is 11.6 Å². The molecule has 0 fully saturated rings. The van der Waals surface area contributed by atoms with Crippen LogP contribution in [0.15, 0.2) is 42.5 Å². The number of aryl methyl sites for hydroxylation is 1. The predicted molar refractivity (Wildman–Crippen MR) is 87.4 cm³/mol. The summed E-state index contributed by atoms with van der Waals surface area (Å²) in [6.07, 6.45) is 1.77. The standard InChI is InChI=1S/C18H21ClFN/c1-3-13-5-7-14(8-6-13)11-18(21-4-2)16-12-15(19)9-10-17(16)20/h5-10,12,18,21H,3-4,11H2,1-2H3. The van der Waals surface area contributed by atoms with Crippen LogP contribution >= 0.6 is 11.6 Å². The first-order valence-corrected chi connectivity index (χ1v) is 7.78. The first kappa shape index (κ1) is 16.0. The summed E-state index contributed by atoms with van der Waals surface area (Å²) in [5.74, 6) is -0.212. The Kier molecular flexibility index (Phi) is 5.77. The van der Waals surface area contributed by atoms with Crippen LogP contribution in [-0.2, 0) is 12.8 Å². The fraction of sp³-hybridized carbons (Fsp3) is 0.333. The highest BCUT2D eigenvalue weighted by molar-refractivity contribution is 6.30. The molecule has 2 aromatic carbocycles. The fourth-order valence-corrected chi connectivity index (χ4v) is 2.65. The van der Waals surface area contributed by atoms with E-state index in [9.17, 15) is 4.39 Å². The van der Waals surface area contributed by atoms with Crippen LogP contribution in [0.2, 0.25) is 5.02 Å². The predicted octanol–water partition coefficient (Wildman–Crippen LogP) is 4.93. The minimum atomic E-state index is -0.212. The summed E-state index contributed by atoms with van der Waals surface area (Å²) >= 11 is 6.01. The van der Waals surface area contributed by atoms with Crippen molar-refractivity contribution in [1.82, 2.24) is 5.32 Å². The lowest BCUT2D eigenvalue weighted by Crippen LogP contribution is -2.24. The second-order valence-corrected chi connectivity index (χ2v) is 5.59. The van der Waals surface area contributed by atoms with Gasteiger partial charge in [0, 0.05) is 16.6 Å². The second kappa shape index (κ2) is 7.58. The topological polar surface area (TPSA) is 12.0 Å². The third kappa shape index (κ3) is 4.29. The number of benzene rings is 2. The van der Waals surface area contributed by atoms with E-state index < -0.39 is 0 Å². The van der Waals surface area contributed by atoms with Crippen LogP contribution in [0.25, 0.3) is 0 Å². The lowest BCUT2D eigenvalue weighted by atomic mass is 9.97. The number of hydrogen-bond acceptors (Lipinski definition) is 1. The van der Waals surface area contributed by atoms with Gasteiger partial charge in [-0.2, -0.15) is 0 Å². The molecule has 0 aliphatic heterocycles. The number of rotatable bonds is 6. The molecule has 1 unspecified atom stereocenters. The minimum absolute atomic E-state index is 0.0684. The largest absolute Gasteiger partial charge is 0.310 e. The molecule has 0 heterocycles. The molecule has 3 heteroatoms. The summed E-state index contributed by atoms with van der Waals surface area (Å²) in [4.78, 5) is 0. The molecule has 1 N–H and O–H groups in total. The average molecular weight is 306 g/mol. The number of likely N-dealkylation sites (N-methyl/N-ethyl adjacent to an activating group) is 1. The van der Waals surface area contributed by atoms with Gasteiger partial charge in [-0.1, -0.05) is 49.7 Å². The smallest absolute Gasteiger partial charge is 0.128 e. The van der Waals surface area contributed by atoms with E-state index in [2.05, 4.69) is 36.5 Å². The van der Waals surface area contributed by atoms with Gasteiger partial charge in [0.25, 0.3) is 0 Å². The molecule has 0 amide bonds. The van der Waals surface area contributed by atoms with Gasteiger partial charge in [0.2, 0.25) is 0 Å². The molecule has 112 valence electrons. The van der Waals surface area contributed by atoms with Gasteiger partial charge in [-0.15, -0.1) is 0 Å². The maximum absolute atomic E-state index is 14.1. The van der Waals surface area contributed by atoms with Gasteiger partial charge in [0.1, 0.15) is 5.82 Å². The first-order chi connectivity index (χ1) is 10.1. The average Bonchev–Trinajstić information content (AvgIpc) is 2.50. The third-order valence-electron chi connectivity index (χ3n) is 3.66. The monoisotopic (exact) mass is 305 g/mol. The Morgan fingerprint density at radius 2 is 1.71 bits per heavy atom. The second-order valence-electron chi connectivity index (χ2n) is 5.15. The Hall–Kier alpha value is -1.38. The molecule has 2 aromatic rings. The van der Waals surface area contributed by atoms with Gasteiger partial charge in [-0.25, -0.2) is 4.39 Å². The van der Waals surface area contributed by atoms with Crippen LogP contribution in [0, 0.1) is 5.82 Å². The van der Waals surface area contributed by atoms with Gasteiger partial charge < -0.3 is 5.32 Å². The van der Waals surface area contributed by atoms with Crippen LogP contribution in [0.4, 0.5) is 4.39 Å². The molecule has 1 nitrogen and oxygen atoms in total. The van der Waals surface area contributed by atoms with E-state index in [1.165, 1.54) is 17.2 Å². The molecule has 0 aliphatic carbocycles. The highest BCUT2D eigenvalue weighted by Crippen LogP contribution is 2.24. The van der Waals surface area contributed by atoms with Gasteiger partial charge in [0.05, 0.1) is 0 Å². The Morgan fingerprint density at radius 3 is 2.33 bits per heavy atom. The Labute approximate surface area is 131 Å². The van der Waals surface area contributed by atoms with Crippen molar-refractivity contribution in [3.05, 3.63) is 70.0 Å². The maximum atomic E-state index is 14.1. The molecule has 0 aromatic heterocycles. The van der Waals surface area contributed by atoms with Crippen LogP contribution in [0.1, 0.15) is 36.6 Å². The molecule has 1 atom stereocenters. The Morgan fingerprint density at radius 1 is 1.05 bits per heavy atom. The molecule has 0 spiro atoms. The van der Waals surface area contributed by atoms with Crippen LogP contribution in [0.5, 0.6) is 0 Å². The van der Waals surface area contributed by atoms with E-state index in [1.54, 1.807) is 12.1 Å². The van der Waals surface area contributed by atoms with E-state index in [4.69, 9.17) is 11.6 Å². The van der Waals surface area contributed by atoms with Crippen LogP contribution in [0.3, 0.4) is 0 Å².